The van der Waals surface area contributed by atoms with Gasteiger partial charge in [0.25, 0.3) is 0 Å². The van der Waals surface area contributed by atoms with Crippen LogP contribution in [0.15, 0.2) is 18.3 Å². The molecule has 0 fully saturated rings. The minimum atomic E-state index is -4.24. The molecule has 0 amide bonds. The van der Waals surface area contributed by atoms with Gasteiger partial charge in [-0.1, -0.05) is 0 Å². The van der Waals surface area contributed by atoms with Gasteiger partial charge < -0.3 is 10.2 Å². The molecule has 1 N–H and O–H groups in total. The molecule has 1 unspecified atom stereocenters. The van der Waals surface area contributed by atoms with Crippen LogP contribution in [0.1, 0.15) is 32.4 Å². The normalized spacial score (nSPS) is 13.7. The smallest absolute Gasteiger partial charge is 0.345 e. The number of nitrogens with zero attached hydrogens (tertiary/aromatic N) is 2. The van der Waals surface area contributed by atoms with E-state index >= 15 is 0 Å². The number of halogens is 3. The molecule has 1 rings (SSSR count). The predicted molar refractivity (Wildman–Crippen MR) is 70.2 cm³/mol. The van der Waals surface area contributed by atoms with Crippen LogP contribution in [-0.2, 0) is 0 Å². The minimum Gasteiger partial charge on any atom is -0.345 e. The first-order valence-electron chi connectivity index (χ1n) is 6.21. The molecule has 0 saturated heterocycles. The van der Waals surface area contributed by atoms with Gasteiger partial charge in [-0.05, 0) is 45.5 Å². The Morgan fingerprint density at radius 1 is 1.32 bits per heavy atom. The van der Waals surface area contributed by atoms with Gasteiger partial charge >= 0.3 is 6.18 Å². The van der Waals surface area contributed by atoms with Crippen molar-refractivity contribution in [2.24, 2.45) is 0 Å². The van der Waals surface area contributed by atoms with Gasteiger partial charge in [0.1, 0.15) is 12.4 Å². The Bertz CT molecular complexity index is 404. The number of hydrogen-bond acceptors (Lipinski definition) is 3. The number of alkyl halides is 3. The number of aromatic nitrogens is 1. The van der Waals surface area contributed by atoms with Gasteiger partial charge in [0.15, 0.2) is 0 Å². The van der Waals surface area contributed by atoms with Crippen molar-refractivity contribution in [1.82, 2.24) is 10.3 Å². The van der Waals surface area contributed by atoms with E-state index in [4.69, 9.17) is 0 Å². The standard InChI is InChI=1S/C13H20F3N3/c1-9(2)19(8-13(14,15)16)12-7-11(5-6-18-12)10(3)17-4/h5-7,9-10,17H,8H2,1-4H3. The van der Waals surface area contributed by atoms with Crippen molar-refractivity contribution < 1.29 is 13.2 Å². The number of pyridine rings is 1. The van der Waals surface area contributed by atoms with Crippen molar-refractivity contribution in [3.05, 3.63) is 23.9 Å². The molecule has 0 aromatic carbocycles. The van der Waals surface area contributed by atoms with Crippen molar-refractivity contribution in [2.75, 3.05) is 18.5 Å². The third-order valence-electron chi connectivity index (χ3n) is 2.97. The number of rotatable bonds is 5. The lowest BCUT2D eigenvalue weighted by Crippen LogP contribution is -2.39. The van der Waals surface area contributed by atoms with Crippen LogP contribution in [0.2, 0.25) is 0 Å². The summed E-state index contributed by atoms with van der Waals surface area (Å²) in [4.78, 5) is 5.32. The summed E-state index contributed by atoms with van der Waals surface area (Å²) in [7, 11) is 1.81. The fourth-order valence-electron chi connectivity index (χ4n) is 1.75. The maximum atomic E-state index is 12.6. The zero-order chi connectivity index (χ0) is 14.6. The molecule has 0 radical (unpaired) electrons. The van der Waals surface area contributed by atoms with Gasteiger partial charge in [-0.25, -0.2) is 4.98 Å². The number of nitrogens with one attached hydrogen (secondary N) is 1. The van der Waals surface area contributed by atoms with Gasteiger partial charge in [0.05, 0.1) is 0 Å². The summed E-state index contributed by atoms with van der Waals surface area (Å²) >= 11 is 0. The molecule has 0 spiro atoms. The molecule has 1 atom stereocenters. The third-order valence-corrected chi connectivity index (χ3v) is 2.97. The van der Waals surface area contributed by atoms with Crippen LogP contribution in [-0.4, -0.2) is 30.8 Å². The summed E-state index contributed by atoms with van der Waals surface area (Å²) in [5.74, 6) is 0.354. The summed E-state index contributed by atoms with van der Waals surface area (Å²) in [6.45, 7) is 4.40. The fraction of sp³-hybridized carbons (Fsp3) is 0.615. The summed E-state index contributed by atoms with van der Waals surface area (Å²) < 4.78 is 37.8. The second-order valence-corrected chi connectivity index (χ2v) is 4.79. The lowest BCUT2D eigenvalue weighted by molar-refractivity contribution is -0.120. The van der Waals surface area contributed by atoms with Crippen LogP contribution < -0.4 is 10.2 Å². The lowest BCUT2D eigenvalue weighted by atomic mass is 10.1. The molecule has 3 nitrogen and oxygen atoms in total. The number of anilines is 1. The van der Waals surface area contributed by atoms with Gasteiger partial charge in [-0.15, -0.1) is 0 Å². The molecule has 19 heavy (non-hydrogen) atoms. The molecule has 1 aromatic heterocycles. The molecule has 1 aromatic rings. The molecule has 0 aliphatic carbocycles. The first kappa shape index (κ1) is 15.8. The van der Waals surface area contributed by atoms with Crippen molar-refractivity contribution >= 4 is 5.82 Å². The van der Waals surface area contributed by atoms with Crippen LogP contribution in [0.5, 0.6) is 0 Å². The van der Waals surface area contributed by atoms with Crippen molar-refractivity contribution in [1.29, 1.82) is 0 Å². The zero-order valence-corrected chi connectivity index (χ0v) is 11.6. The highest BCUT2D eigenvalue weighted by Crippen LogP contribution is 2.24. The highest BCUT2D eigenvalue weighted by molar-refractivity contribution is 5.43. The molecule has 0 aliphatic rings. The van der Waals surface area contributed by atoms with E-state index in [-0.39, 0.29) is 12.1 Å². The van der Waals surface area contributed by atoms with Crippen LogP contribution >= 0.6 is 0 Å². The van der Waals surface area contributed by atoms with E-state index in [0.717, 1.165) is 5.56 Å². The van der Waals surface area contributed by atoms with Gasteiger partial charge in [0.2, 0.25) is 0 Å². The Morgan fingerprint density at radius 3 is 2.42 bits per heavy atom. The lowest BCUT2D eigenvalue weighted by Gasteiger charge is -2.29. The first-order valence-corrected chi connectivity index (χ1v) is 6.21. The van der Waals surface area contributed by atoms with E-state index in [0.29, 0.717) is 5.82 Å². The first-order chi connectivity index (χ1) is 8.74. The molecule has 1 heterocycles. The SMILES string of the molecule is CNC(C)c1ccnc(N(CC(F)(F)F)C(C)C)c1. The van der Waals surface area contributed by atoms with Gasteiger partial charge in [-0.2, -0.15) is 13.2 Å². The highest BCUT2D eigenvalue weighted by atomic mass is 19.4. The summed E-state index contributed by atoms with van der Waals surface area (Å²) in [6, 6.07) is 3.31. The fourth-order valence-corrected chi connectivity index (χ4v) is 1.75. The van der Waals surface area contributed by atoms with Crippen LogP contribution in [0, 0.1) is 0 Å². The Kier molecular flexibility index (Phi) is 5.17. The quantitative estimate of drug-likeness (QED) is 0.894. The molecule has 0 saturated carbocycles. The summed E-state index contributed by atoms with van der Waals surface area (Å²) in [5.41, 5.74) is 0.917. The van der Waals surface area contributed by atoms with E-state index < -0.39 is 12.7 Å². The van der Waals surface area contributed by atoms with Gasteiger partial charge in [-0.3, -0.25) is 0 Å². The predicted octanol–water partition coefficient (Wildman–Crippen LogP) is 3.14. The molecular formula is C13H20F3N3. The highest BCUT2D eigenvalue weighted by Gasteiger charge is 2.32. The largest absolute Gasteiger partial charge is 0.405 e. The van der Waals surface area contributed by atoms with Crippen molar-refractivity contribution in [2.45, 2.75) is 39.0 Å². The Hall–Kier alpha value is -1.30. The molecule has 0 bridgehead atoms. The summed E-state index contributed by atoms with van der Waals surface area (Å²) in [5, 5.41) is 3.06. The number of hydrogen-bond donors (Lipinski definition) is 1. The molecule has 0 aliphatic heterocycles. The minimum absolute atomic E-state index is 0.0710. The average molecular weight is 275 g/mol. The Balaban J connectivity index is 3.03. The van der Waals surface area contributed by atoms with E-state index in [1.807, 2.05) is 6.92 Å². The Labute approximate surface area is 111 Å². The molecular weight excluding hydrogens is 255 g/mol. The van der Waals surface area contributed by atoms with E-state index in [1.165, 1.54) is 4.90 Å². The molecule has 108 valence electrons. The second kappa shape index (κ2) is 6.23. The Morgan fingerprint density at radius 2 is 1.95 bits per heavy atom. The molecule has 6 heteroatoms. The van der Waals surface area contributed by atoms with Crippen LogP contribution in [0.25, 0.3) is 0 Å². The maximum absolute atomic E-state index is 12.6. The van der Waals surface area contributed by atoms with Crippen LogP contribution in [0.3, 0.4) is 0 Å². The average Bonchev–Trinajstić information content (AvgIpc) is 2.34. The van der Waals surface area contributed by atoms with Crippen LogP contribution in [0.4, 0.5) is 19.0 Å². The van der Waals surface area contributed by atoms with Crippen molar-refractivity contribution in [3.8, 4) is 0 Å². The van der Waals surface area contributed by atoms with Crippen molar-refractivity contribution in [3.63, 3.8) is 0 Å². The van der Waals surface area contributed by atoms with E-state index in [2.05, 4.69) is 10.3 Å². The summed E-state index contributed by atoms with van der Waals surface area (Å²) in [6.07, 6.45) is -2.69. The second-order valence-electron chi connectivity index (χ2n) is 4.79. The zero-order valence-electron chi connectivity index (χ0n) is 11.6. The van der Waals surface area contributed by atoms with E-state index in [9.17, 15) is 13.2 Å². The third kappa shape index (κ3) is 4.70. The topological polar surface area (TPSA) is 28.2 Å². The van der Waals surface area contributed by atoms with E-state index in [1.54, 1.807) is 39.2 Å². The van der Waals surface area contributed by atoms with Gasteiger partial charge in [0, 0.05) is 18.3 Å². The maximum Gasteiger partial charge on any atom is 0.405 e. The monoisotopic (exact) mass is 275 g/mol.